The van der Waals surface area contributed by atoms with Crippen molar-refractivity contribution in [2.45, 2.75) is 60.8 Å². The van der Waals surface area contributed by atoms with Gasteiger partial charge in [-0.3, -0.25) is 4.98 Å². The first-order chi connectivity index (χ1) is 28.3. The van der Waals surface area contributed by atoms with Gasteiger partial charge in [-0.2, -0.15) is 0 Å². The third-order valence-corrected chi connectivity index (χ3v) is 13.1. The van der Waals surface area contributed by atoms with Crippen LogP contribution in [0.1, 0.15) is 54.3 Å². The predicted octanol–water partition coefficient (Wildman–Crippen LogP) is 15.9. The average Bonchev–Trinajstić information content (AvgIpc) is 3.23. The fourth-order valence-electron chi connectivity index (χ4n) is 8.34. The number of aryl methyl sites for hydroxylation is 1. The van der Waals surface area contributed by atoms with Gasteiger partial charge in [0.15, 0.2) is 0 Å². The fourth-order valence-corrected chi connectivity index (χ4v) is 9.52. The molecule has 0 bridgehead atoms. The number of pyridine rings is 1. The predicted molar refractivity (Wildman–Crippen MR) is 256 cm³/mol. The van der Waals surface area contributed by atoms with Crippen LogP contribution in [0.15, 0.2) is 149 Å². The molecule has 3 nitrogen and oxygen atoms in total. The molecule has 0 fully saturated rings. The van der Waals surface area contributed by atoms with Gasteiger partial charge in [0.2, 0.25) is 0 Å². The van der Waals surface area contributed by atoms with E-state index in [0.29, 0.717) is 0 Å². The van der Waals surface area contributed by atoms with Crippen molar-refractivity contribution in [1.82, 2.24) is 15.0 Å². The minimum Gasteiger partial charge on any atom is -0.256 e. The van der Waals surface area contributed by atoms with E-state index in [1.54, 1.807) is 6.33 Å². The Labute approximate surface area is 366 Å². The summed E-state index contributed by atoms with van der Waals surface area (Å²) in [6.45, 7) is 17.8. The summed E-state index contributed by atoms with van der Waals surface area (Å²) in [4.78, 5) is 14.1. The molecule has 0 saturated carbocycles. The van der Waals surface area contributed by atoms with E-state index < -0.39 is 0 Å². The zero-order valence-corrected chi connectivity index (χ0v) is 38.0. The zero-order chi connectivity index (χ0) is 41.6. The first-order valence-electron chi connectivity index (χ1n) is 20.1. The van der Waals surface area contributed by atoms with Crippen LogP contribution in [0.4, 0.5) is 0 Å². The summed E-state index contributed by atoms with van der Waals surface area (Å²) in [5.74, 6) is 0. The van der Waals surface area contributed by atoms with Crippen molar-refractivity contribution >= 4 is 31.9 Å². The second kappa shape index (κ2) is 16.3. The fraction of sp³-hybridized carbons (Fsp3) is 0.167. The lowest BCUT2D eigenvalue weighted by Gasteiger charge is -2.24. The van der Waals surface area contributed by atoms with E-state index in [-0.39, 0.29) is 5.41 Å². The number of nitrogens with zero attached hydrogens (tertiary/aromatic N) is 3. The molecule has 6 aromatic carbocycles. The molecule has 0 aliphatic rings. The molecular weight excluding hydrogens is 850 g/mol. The van der Waals surface area contributed by atoms with Crippen molar-refractivity contribution in [3.05, 3.63) is 182 Å². The summed E-state index contributed by atoms with van der Waals surface area (Å²) in [5.41, 5.74) is 23.3. The molecule has 2 aromatic heterocycles. The van der Waals surface area contributed by atoms with Crippen molar-refractivity contribution in [2.75, 3.05) is 0 Å². The van der Waals surface area contributed by atoms with Crippen LogP contribution in [0.2, 0.25) is 0 Å². The van der Waals surface area contributed by atoms with Gasteiger partial charge in [-0.1, -0.05) is 156 Å². The highest BCUT2D eigenvalue weighted by Crippen LogP contribution is 2.47. The average molecular weight is 898 g/mol. The highest BCUT2D eigenvalue weighted by Gasteiger charge is 2.23. The Morgan fingerprint density at radius 1 is 0.407 bits per heavy atom. The molecule has 59 heavy (non-hydrogen) atoms. The Morgan fingerprint density at radius 2 is 0.864 bits per heavy atom. The summed E-state index contributed by atoms with van der Waals surface area (Å²) < 4.78 is 2.06. The monoisotopic (exact) mass is 895 g/mol. The number of hydrogen-bond donors (Lipinski definition) is 0. The molecule has 0 radical (unpaired) electrons. The lowest BCUT2D eigenvalue weighted by atomic mass is 9.80. The van der Waals surface area contributed by atoms with E-state index in [4.69, 9.17) is 4.98 Å². The van der Waals surface area contributed by atoms with E-state index >= 15 is 0 Å². The summed E-state index contributed by atoms with van der Waals surface area (Å²) in [5, 5.41) is 0. The minimum atomic E-state index is -0.0612. The quantitative estimate of drug-likeness (QED) is 0.160. The first kappa shape index (κ1) is 40.3. The Balaban J connectivity index is 1.16. The Morgan fingerprint density at radius 3 is 1.32 bits per heavy atom. The summed E-state index contributed by atoms with van der Waals surface area (Å²) in [6.07, 6.45) is 3.67. The van der Waals surface area contributed by atoms with E-state index in [2.05, 4.69) is 219 Å². The van der Waals surface area contributed by atoms with Crippen LogP contribution in [0, 0.1) is 34.6 Å². The van der Waals surface area contributed by atoms with Crippen molar-refractivity contribution in [3.63, 3.8) is 0 Å². The van der Waals surface area contributed by atoms with Crippen molar-refractivity contribution in [3.8, 4) is 78.1 Å². The van der Waals surface area contributed by atoms with Crippen LogP contribution in [0.5, 0.6) is 0 Å². The number of rotatable bonds is 7. The molecule has 2 heterocycles. The van der Waals surface area contributed by atoms with Gasteiger partial charge in [-0.05, 0) is 137 Å². The third kappa shape index (κ3) is 7.75. The molecule has 0 unspecified atom stereocenters. The topological polar surface area (TPSA) is 38.7 Å². The molecule has 0 amide bonds. The smallest absolute Gasteiger partial charge is 0.116 e. The van der Waals surface area contributed by atoms with Crippen LogP contribution >= 0.6 is 31.9 Å². The third-order valence-electron chi connectivity index (χ3n) is 11.8. The van der Waals surface area contributed by atoms with Crippen LogP contribution in [0.25, 0.3) is 78.1 Å². The van der Waals surface area contributed by atoms with Gasteiger partial charge in [0.05, 0.1) is 11.4 Å². The minimum absolute atomic E-state index is 0.0612. The molecule has 8 rings (SSSR count). The van der Waals surface area contributed by atoms with Crippen molar-refractivity contribution < 1.29 is 0 Å². The van der Waals surface area contributed by atoms with Crippen LogP contribution in [-0.2, 0) is 5.41 Å². The number of benzene rings is 6. The molecular formula is C54H47Br2N3. The summed E-state index contributed by atoms with van der Waals surface area (Å²) in [7, 11) is 0. The van der Waals surface area contributed by atoms with Gasteiger partial charge < -0.3 is 0 Å². The lowest BCUT2D eigenvalue weighted by molar-refractivity contribution is 0.567. The molecule has 8 aromatic rings. The maximum Gasteiger partial charge on any atom is 0.116 e. The van der Waals surface area contributed by atoms with Crippen LogP contribution in [-0.4, -0.2) is 15.0 Å². The van der Waals surface area contributed by atoms with Gasteiger partial charge in [-0.15, -0.1) is 0 Å². The first-order valence-corrected chi connectivity index (χ1v) is 21.6. The normalized spacial score (nSPS) is 11.6. The van der Waals surface area contributed by atoms with Crippen LogP contribution in [0.3, 0.4) is 0 Å². The molecule has 0 atom stereocenters. The van der Waals surface area contributed by atoms with Crippen molar-refractivity contribution in [2.24, 2.45) is 0 Å². The number of halogens is 2. The maximum atomic E-state index is 4.90. The van der Waals surface area contributed by atoms with Gasteiger partial charge in [0.25, 0.3) is 0 Å². The molecule has 0 N–H and O–H groups in total. The second-order valence-electron chi connectivity index (χ2n) is 16.5. The van der Waals surface area contributed by atoms with Crippen molar-refractivity contribution in [1.29, 1.82) is 0 Å². The highest BCUT2D eigenvalue weighted by molar-refractivity contribution is 9.11. The molecule has 5 heteroatoms. The Kier molecular flexibility index (Phi) is 11.1. The van der Waals surface area contributed by atoms with Gasteiger partial charge in [0, 0.05) is 42.9 Å². The van der Waals surface area contributed by atoms with E-state index in [0.717, 1.165) is 53.8 Å². The molecule has 0 aliphatic carbocycles. The Bertz CT molecular complexity index is 2860. The lowest BCUT2D eigenvalue weighted by Crippen LogP contribution is -2.13. The highest BCUT2D eigenvalue weighted by atomic mass is 79.9. The summed E-state index contributed by atoms with van der Waals surface area (Å²) in [6, 6.07) is 45.5. The van der Waals surface area contributed by atoms with Crippen LogP contribution < -0.4 is 0 Å². The molecule has 0 spiro atoms. The molecule has 292 valence electrons. The SMILES string of the molecule is Cc1cc(-c2ccc(-c3ccccc3-c3c(C)c(C)c(-c4ccccc4-c4ccc(-c5cc(C(C)(C)C)ncn5)cc4Br)c(C)c3C)c(Br)c2)ncc1-c1ccccc1. The van der Waals surface area contributed by atoms with E-state index in [1.165, 1.54) is 66.8 Å². The number of aromatic nitrogens is 3. The van der Waals surface area contributed by atoms with Gasteiger partial charge in [-0.25, -0.2) is 9.97 Å². The van der Waals surface area contributed by atoms with E-state index in [9.17, 15) is 0 Å². The van der Waals surface area contributed by atoms with Gasteiger partial charge in [0.1, 0.15) is 6.33 Å². The number of hydrogen-bond acceptors (Lipinski definition) is 3. The molecule has 0 aliphatic heterocycles. The largest absolute Gasteiger partial charge is 0.256 e. The zero-order valence-electron chi connectivity index (χ0n) is 34.9. The second-order valence-corrected chi connectivity index (χ2v) is 18.2. The summed E-state index contributed by atoms with van der Waals surface area (Å²) >= 11 is 7.96. The van der Waals surface area contributed by atoms with E-state index in [1.807, 2.05) is 12.3 Å². The molecule has 0 saturated heterocycles. The maximum absolute atomic E-state index is 4.90. The van der Waals surface area contributed by atoms with Gasteiger partial charge >= 0.3 is 0 Å². The Hall–Kier alpha value is -5.49. The standard InChI is InChI=1S/C54H47Br2N3/c1-32-26-49(57-30-46(32)37-16-10-9-11-17-37)38-22-24-42(47(55)27-38)40-18-12-14-20-44(40)52-33(2)35(4)53(36(5)34(52)3)45-21-15-13-19-41(45)43-25-23-39(28-48(43)56)50-29-51(54(6,7)8)59-31-58-50/h9-31H,1-8H3.